The van der Waals surface area contributed by atoms with Gasteiger partial charge in [-0.15, -0.1) is 0 Å². The van der Waals surface area contributed by atoms with Crippen molar-refractivity contribution in [2.24, 2.45) is 5.92 Å². The molecule has 98 valence electrons. The Balaban J connectivity index is 2.69. The van der Waals surface area contributed by atoms with Crippen molar-refractivity contribution in [2.45, 2.75) is 52.1 Å². The van der Waals surface area contributed by atoms with Gasteiger partial charge in [-0.3, -0.25) is 0 Å². The van der Waals surface area contributed by atoms with E-state index in [0.29, 0.717) is 18.9 Å². The molecule has 0 saturated carbocycles. The maximum Gasteiger partial charge on any atom is 0.329 e. The molecule has 0 spiro atoms. The van der Waals surface area contributed by atoms with Crippen LogP contribution in [0.2, 0.25) is 0 Å². The Bertz CT molecular complexity index is 319. The normalized spacial score (nSPS) is 27.6. The maximum atomic E-state index is 12.0. The first kappa shape index (κ1) is 13.8. The standard InChI is InChI=1S/C12H22N2O3/c1-5-12(4,10(15)16)13-11(17)14-7-8(2)6-9(14)3/h8-9H,5-7H2,1-4H3,(H,13,17)(H,15,16). The van der Waals surface area contributed by atoms with E-state index < -0.39 is 11.5 Å². The Morgan fingerprint density at radius 3 is 2.41 bits per heavy atom. The minimum Gasteiger partial charge on any atom is -0.480 e. The third-order valence-electron chi connectivity index (χ3n) is 3.61. The van der Waals surface area contributed by atoms with Gasteiger partial charge in [0.25, 0.3) is 0 Å². The maximum absolute atomic E-state index is 12.0. The average Bonchev–Trinajstić information content (AvgIpc) is 2.57. The Labute approximate surface area is 102 Å². The lowest BCUT2D eigenvalue weighted by Gasteiger charge is -2.29. The van der Waals surface area contributed by atoms with E-state index in [-0.39, 0.29) is 12.1 Å². The summed E-state index contributed by atoms with van der Waals surface area (Å²) in [5, 5.41) is 11.7. The molecule has 0 aromatic heterocycles. The molecule has 1 fully saturated rings. The summed E-state index contributed by atoms with van der Waals surface area (Å²) in [6.45, 7) is 8.08. The molecular formula is C12H22N2O3. The molecule has 1 aliphatic rings. The van der Waals surface area contributed by atoms with Gasteiger partial charge in [-0.05, 0) is 32.6 Å². The average molecular weight is 242 g/mol. The number of hydrogen-bond acceptors (Lipinski definition) is 2. The fraction of sp³-hybridized carbons (Fsp3) is 0.833. The molecule has 1 heterocycles. The number of nitrogens with zero attached hydrogens (tertiary/aromatic N) is 1. The van der Waals surface area contributed by atoms with E-state index in [9.17, 15) is 9.59 Å². The van der Waals surface area contributed by atoms with Crippen molar-refractivity contribution in [3.63, 3.8) is 0 Å². The molecule has 0 aromatic carbocycles. The minimum atomic E-state index is -1.18. The molecule has 1 rings (SSSR count). The first-order valence-corrected chi connectivity index (χ1v) is 6.12. The molecule has 1 aliphatic heterocycles. The molecule has 2 amide bonds. The number of urea groups is 1. The van der Waals surface area contributed by atoms with Gasteiger partial charge in [-0.2, -0.15) is 0 Å². The van der Waals surface area contributed by atoms with E-state index in [2.05, 4.69) is 12.2 Å². The fourth-order valence-corrected chi connectivity index (χ4v) is 2.18. The van der Waals surface area contributed by atoms with Gasteiger partial charge in [0, 0.05) is 12.6 Å². The molecule has 0 bridgehead atoms. The van der Waals surface area contributed by atoms with Gasteiger partial charge in [-0.1, -0.05) is 13.8 Å². The van der Waals surface area contributed by atoms with Crippen LogP contribution in [0.25, 0.3) is 0 Å². The monoisotopic (exact) mass is 242 g/mol. The van der Waals surface area contributed by atoms with E-state index in [1.165, 1.54) is 6.92 Å². The van der Waals surface area contributed by atoms with Crippen molar-refractivity contribution < 1.29 is 14.7 Å². The fourth-order valence-electron chi connectivity index (χ4n) is 2.18. The first-order chi connectivity index (χ1) is 7.80. The van der Waals surface area contributed by atoms with Crippen LogP contribution in [0.3, 0.4) is 0 Å². The SMILES string of the molecule is CCC(C)(NC(=O)N1CC(C)CC1C)C(=O)O. The number of likely N-dealkylation sites (tertiary alicyclic amines) is 1. The zero-order chi connectivity index (χ0) is 13.2. The molecule has 3 unspecified atom stereocenters. The van der Waals surface area contributed by atoms with Crippen LogP contribution in [-0.4, -0.2) is 40.1 Å². The molecule has 0 aliphatic carbocycles. The number of aliphatic carboxylic acids is 1. The second-order valence-corrected chi connectivity index (χ2v) is 5.26. The third-order valence-corrected chi connectivity index (χ3v) is 3.61. The highest BCUT2D eigenvalue weighted by molar-refractivity contribution is 5.86. The number of carbonyl (C=O) groups excluding carboxylic acids is 1. The number of rotatable bonds is 3. The zero-order valence-corrected chi connectivity index (χ0v) is 11.0. The van der Waals surface area contributed by atoms with Crippen LogP contribution in [0, 0.1) is 5.92 Å². The van der Waals surface area contributed by atoms with Gasteiger partial charge >= 0.3 is 12.0 Å². The molecule has 0 aromatic rings. The van der Waals surface area contributed by atoms with Gasteiger partial charge in [0.15, 0.2) is 0 Å². The molecule has 17 heavy (non-hydrogen) atoms. The van der Waals surface area contributed by atoms with E-state index in [0.717, 1.165) is 6.42 Å². The van der Waals surface area contributed by atoms with Crippen LogP contribution < -0.4 is 5.32 Å². The van der Waals surface area contributed by atoms with Crippen molar-refractivity contribution in [1.29, 1.82) is 0 Å². The highest BCUT2D eigenvalue weighted by Crippen LogP contribution is 2.23. The summed E-state index contributed by atoms with van der Waals surface area (Å²) in [5.74, 6) is -0.512. The quantitative estimate of drug-likeness (QED) is 0.791. The number of amides is 2. The number of carbonyl (C=O) groups is 2. The third kappa shape index (κ3) is 2.90. The van der Waals surface area contributed by atoms with Gasteiger partial charge in [-0.25, -0.2) is 9.59 Å². The predicted octanol–water partition coefficient (Wildman–Crippen LogP) is 1.68. The van der Waals surface area contributed by atoms with Crippen LogP contribution >= 0.6 is 0 Å². The van der Waals surface area contributed by atoms with Gasteiger partial charge in [0.1, 0.15) is 5.54 Å². The highest BCUT2D eigenvalue weighted by atomic mass is 16.4. The Hall–Kier alpha value is -1.26. The van der Waals surface area contributed by atoms with E-state index in [4.69, 9.17) is 5.11 Å². The van der Waals surface area contributed by atoms with E-state index in [1.807, 2.05) is 6.92 Å². The molecule has 0 radical (unpaired) electrons. The second kappa shape index (κ2) is 4.94. The summed E-state index contributed by atoms with van der Waals surface area (Å²) in [6.07, 6.45) is 1.34. The Morgan fingerprint density at radius 2 is 2.06 bits per heavy atom. The summed E-state index contributed by atoms with van der Waals surface area (Å²) in [5.41, 5.74) is -1.18. The lowest BCUT2D eigenvalue weighted by molar-refractivity contribution is -0.143. The van der Waals surface area contributed by atoms with Crippen molar-refractivity contribution in [3.05, 3.63) is 0 Å². The molecular weight excluding hydrogens is 220 g/mol. The number of carboxylic acids is 1. The highest BCUT2D eigenvalue weighted by Gasteiger charge is 2.37. The van der Waals surface area contributed by atoms with E-state index in [1.54, 1.807) is 11.8 Å². The topological polar surface area (TPSA) is 69.6 Å². The molecule has 5 nitrogen and oxygen atoms in total. The lowest BCUT2D eigenvalue weighted by Crippen LogP contribution is -2.56. The molecule has 5 heteroatoms. The summed E-state index contributed by atoms with van der Waals surface area (Å²) in [6, 6.07) is -0.0894. The van der Waals surface area contributed by atoms with Crippen LogP contribution in [0.5, 0.6) is 0 Å². The zero-order valence-electron chi connectivity index (χ0n) is 11.0. The van der Waals surface area contributed by atoms with Gasteiger partial charge in [0.2, 0.25) is 0 Å². The first-order valence-electron chi connectivity index (χ1n) is 6.12. The van der Waals surface area contributed by atoms with Crippen molar-refractivity contribution in [2.75, 3.05) is 6.54 Å². The van der Waals surface area contributed by atoms with Crippen molar-refractivity contribution in [1.82, 2.24) is 10.2 Å². The van der Waals surface area contributed by atoms with Crippen molar-refractivity contribution in [3.8, 4) is 0 Å². The van der Waals surface area contributed by atoms with Gasteiger partial charge < -0.3 is 15.3 Å². The summed E-state index contributed by atoms with van der Waals surface area (Å²) >= 11 is 0. The van der Waals surface area contributed by atoms with Crippen LogP contribution in [-0.2, 0) is 4.79 Å². The Morgan fingerprint density at radius 1 is 1.47 bits per heavy atom. The van der Waals surface area contributed by atoms with Gasteiger partial charge in [0.05, 0.1) is 0 Å². The molecule has 1 saturated heterocycles. The number of carboxylic acid groups (broad SMARTS) is 1. The lowest BCUT2D eigenvalue weighted by atomic mass is 10.00. The Kier molecular flexibility index (Phi) is 4.01. The van der Waals surface area contributed by atoms with Crippen LogP contribution in [0.15, 0.2) is 0 Å². The second-order valence-electron chi connectivity index (χ2n) is 5.26. The molecule has 2 N–H and O–H groups in total. The number of nitrogens with one attached hydrogen (secondary N) is 1. The minimum absolute atomic E-state index is 0.180. The number of hydrogen-bond donors (Lipinski definition) is 2. The summed E-state index contributed by atoms with van der Waals surface area (Å²) < 4.78 is 0. The van der Waals surface area contributed by atoms with Crippen LogP contribution in [0.1, 0.15) is 40.5 Å². The largest absolute Gasteiger partial charge is 0.480 e. The summed E-state index contributed by atoms with van der Waals surface area (Å²) in [7, 11) is 0. The van der Waals surface area contributed by atoms with E-state index >= 15 is 0 Å². The van der Waals surface area contributed by atoms with Crippen molar-refractivity contribution >= 4 is 12.0 Å². The van der Waals surface area contributed by atoms with Crippen LogP contribution in [0.4, 0.5) is 4.79 Å². The summed E-state index contributed by atoms with van der Waals surface area (Å²) in [4.78, 5) is 24.9. The predicted molar refractivity (Wildman–Crippen MR) is 64.8 cm³/mol. The smallest absolute Gasteiger partial charge is 0.329 e. The molecule has 3 atom stereocenters.